The number of nitrogens with zero attached hydrogens (tertiary/aromatic N) is 1. The van der Waals surface area contributed by atoms with Gasteiger partial charge in [0.15, 0.2) is 11.5 Å². The van der Waals surface area contributed by atoms with Crippen LogP contribution in [0.4, 0.5) is 0 Å². The van der Waals surface area contributed by atoms with Crippen molar-refractivity contribution in [2.24, 2.45) is 0 Å². The lowest BCUT2D eigenvalue weighted by Gasteiger charge is -2.26. The molecule has 1 aliphatic heterocycles. The number of benzene rings is 2. The normalized spacial score (nSPS) is 15.1. The molecule has 0 spiro atoms. The number of carbonyl (C=O) groups is 1. The van der Waals surface area contributed by atoms with Crippen LogP contribution in [0.25, 0.3) is 11.1 Å². The highest BCUT2D eigenvalue weighted by Crippen LogP contribution is 2.37. The average Bonchev–Trinajstić information content (AvgIpc) is 2.89. The van der Waals surface area contributed by atoms with E-state index in [1.807, 2.05) is 49.4 Å². The molecule has 0 saturated carbocycles. The van der Waals surface area contributed by atoms with E-state index in [4.69, 9.17) is 14.2 Å². The minimum absolute atomic E-state index is 0.0237. The third-order valence-corrected chi connectivity index (χ3v) is 6.76. The fraction of sp³-hybridized carbons (Fsp3) is 0.357. The zero-order chi connectivity index (χ0) is 24.4. The van der Waals surface area contributed by atoms with Gasteiger partial charge in [-0.15, -0.1) is 0 Å². The Bertz CT molecular complexity index is 1310. The van der Waals surface area contributed by atoms with Crippen molar-refractivity contribution >= 4 is 5.91 Å². The molecule has 5 rings (SSSR count). The number of rotatable bonds is 6. The van der Waals surface area contributed by atoms with Crippen LogP contribution < -0.4 is 25.1 Å². The number of amides is 1. The molecule has 0 bridgehead atoms. The van der Waals surface area contributed by atoms with Gasteiger partial charge in [0.25, 0.3) is 5.56 Å². The minimum Gasteiger partial charge on any atom is -0.496 e. The maximum absolute atomic E-state index is 13.3. The summed E-state index contributed by atoms with van der Waals surface area (Å²) in [7, 11) is 1.64. The van der Waals surface area contributed by atoms with Crippen molar-refractivity contribution in [2.45, 2.75) is 45.2 Å². The zero-order valence-electron chi connectivity index (χ0n) is 20.1. The van der Waals surface area contributed by atoms with Crippen LogP contribution in [0.5, 0.6) is 17.2 Å². The molecule has 1 unspecified atom stereocenters. The summed E-state index contributed by atoms with van der Waals surface area (Å²) in [6.07, 6.45) is 3.69. The monoisotopic (exact) mass is 474 g/mol. The van der Waals surface area contributed by atoms with Crippen LogP contribution in [-0.4, -0.2) is 30.8 Å². The van der Waals surface area contributed by atoms with Crippen LogP contribution in [0.15, 0.2) is 53.3 Å². The van der Waals surface area contributed by atoms with Crippen molar-refractivity contribution in [1.82, 2.24) is 9.88 Å². The Morgan fingerprint density at radius 2 is 1.86 bits per heavy atom. The van der Waals surface area contributed by atoms with Gasteiger partial charge in [0, 0.05) is 22.9 Å². The molecule has 2 aromatic carbocycles. The number of para-hydroxylation sites is 2. The fourth-order valence-electron chi connectivity index (χ4n) is 5.13. The maximum atomic E-state index is 13.3. The Hall–Kier alpha value is -3.74. The summed E-state index contributed by atoms with van der Waals surface area (Å²) in [6, 6.07) is 14.8. The first-order valence-electron chi connectivity index (χ1n) is 12.1. The molecule has 1 aromatic heterocycles. The van der Waals surface area contributed by atoms with Gasteiger partial charge in [-0.05, 0) is 55.9 Å². The van der Waals surface area contributed by atoms with Gasteiger partial charge in [-0.3, -0.25) is 9.59 Å². The molecule has 1 amide bonds. The predicted octanol–water partition coefficient (Wildman–Crippen LogP) is 4.05. The molecule has 0 fully saturated rings. The summed E-state index contributed by atoms with van der Waals surface area (Å²) in [6.45, 7) is 2.87. The van der Waals surface area contributed by atoms with Gasteiger partial charge in [-0.2, -0.15) is 0 Å². The second-order valence-electron chi connectivity index (χ2n) is 8.98. The standard InChI is InChI=1S/C28H30N2O5/c1-18(19-10-7-13-25-28(19)35-15-14-34-25)29-26(31)17-30-23-11-5-3-8-20(23)22(16-27(30)32)21-9-4-6-12-24(21)33-2/h4,6-7,9-10,12-13,16,18H,3,5,8,11,14-15,17H2,1-2H3,(H,29,31). The summed E-state index contributed by atoms with van der Waals surface area (Å²) < 4.78 is 18.7. The Morgan fingerprint density at radius 3 is 2.71 bits per heavy atom. The molecule has 1 atom stereocenters. The van der Waals surface area contributed by atoms with Gasteiger partial charge in [0.2, 0.25) is 5.91 Å². The lowest BCUT2D eigenvalue weighted by molar-refractivity contribution is -0.122. The Morgan fingerprint density at radius 1 is 1.06 bits per heavy atom. The quantitative estimate of drug-likeness (QED) is 0.583. The lowest BCUT2D eigenvalue weighted by Crippen LogP contribution is -2.36. The Kier molecular flexibility index (Phi) is 6.49. The third kappa shape index (κ3) is 4.50. The van der Waals surface area contributed by atoms with Gasteiger partial charge in [-0.1, -0.05) is 30.3 Å². The lowest BCUT2D eigenvalue weighted by atomic mass is 9.88. The first-order chi connectivity index (χ1) is 17.1. The predicted molar refractivity (Wildman–Crippen MR) is 133 cm³/mol. The van der Waals surface area contributed by atoms with Gasteiger partial charge >= 0.3 is 0 Å². The molecule has 1 aliphatic carbocycles. The molecular weight excluding hydrogens is 444 g/mol. The summed E-state index contributed by atoms with van der Waals surface area (Å²) in [5.41, 5.74) is 4.57. The van der Waals surface area contributed by atoms with Crippen molar-refractivity contribution in [1.29, 1.82) is 0 Å². The first kappa shape index (κ1) is 23.0. The van der Waals surface area contributed by atoms with E-state index in [-0.39, 0.29) is 24.1 Å². The molecule has 2 aliphatic rings. The van der Waals surface area contributed by atoms with E-state index < -0.39 is 0 Å². The summed E-state index contributed by atoms with van der Waals surface area (Å²) in [5.74, 6) is 1.88. The SMILES string of the molecule is COc1ccccc1-c1cc(=O)n(CC(=O)NC(C)c2cccc3c2OCCO3)c2c1CCCC2. The zero-order valence-corrected chi connectivity index (χ0v) is 20.1. The number of ether oxygens (including phenoxy) is 3. The second-order valence-corrected chi connectivity index (χ2v) is 8.98. The summed E-state index contributed by atoms with van der Waals surface area (Å²) in [5, 5.41) is 3.04. The second kappa shape index (κ2) is 9.86. The number of methoxy groups -OCH3 is 1. The van der Waals surface area contributed by atoms with Crippen LogP contribution in [-0.2, 0) is 24.2 Å². The molecule has 3 aromatic rings. The molecule has 0 saturated heterocycles. The minimum atomic E-state index is -0.293. The number of hydrogen-bond acceptors (Lipinski definition) is 5. The van der Waals surface area contributed by atoms with E-state index in [0.29, 0.717) is 24.7 Å². The van der Waals surface area contributed by atoms with Crippen LogP contribution in [0, 0.1) is 0 Å². The Balaban J connectivity index is 1.43. The van der Waals surface area contributed by atoms with E-state index >= 15 is 0 Å². The Labute approximate surface area is 204 Å². The molecular formula is C28H30N2O5. The van der Waals surface area contributed by atoms with Gasteiger partial charge in [0.1, 0.15) is 25.5 Å². The largest absolute Gasteiger partial charge is 0.496 e. The van der Waals surface area contributed by atoms with Crippen LogP contribution in [0.2, 0.25) is 0 Å². The van der Waals surface area contributed by atoms with Crippen molar-refractivity contribution in [2.75, 3.05) is 20.3 Å². The smallest absolute Gasteiger partial charge is 0.251 e. The highest BCUT2D eigenvalue weighted by molar-refractivity contribution is 5.78. The van der Waals surface area contributed by atoms with E-state index in [9.17, 15) is 9.59 Å². The van der Waals surface area contributed by atoms with Gasteiger partial charge in [-0.25, -0.2) is 0 Å². The number of hydrogen-bond donors (Lipinski definition) is 1. The molecule has 0 radical (unpaired) electrons. The number of fused-ring (bicyclic) bond motifs is 2. The van der Waals surface area contributed by atoms with Crippen LogP contribution in [0.1, 0.15) is 42.6 Å². The third-order valence-electron chi connectivity index (χ3n) is 6.76. The summed E-state index contributed by atoms with van der Waals surface area (Å²) in [4.78, 5) is 26.4. The van der Waals surface area contributed by atoms with Crippen LogP contribution >= 0.6 is 0 Å². The molecule has 182 valence electrons. The molecule has 7 nitrogen and oxygen atoms in total. The molecule has 7 heteroatoms. The number of pyridine rings is 1. The first-order valence-corrected chi connectivity index (χ1v) is 12.1. The topological polar surface area (TPSA) is 78.8 Å². The maximum Gasteiger partial charge on any atom is 0.251 e. The van der Waals surface area contributed by atoms with Crippen molar-refractivity contribution in [3.63, 3.8) is 0 Å². The van der Waals surface area contributed by atoms with Crippen molar-refractivity contribution in [3.05, 3.63) is 75.7 Å². The fourth-order valence-corrected chi connectivity index (χ4v) is 5.13. The van der Waals surface area contributed by atoms with Gasteiger partial charge in [0.05, 0.1) is 13.2 Å². The molecule has 1 N–H and O–H groups in total. The number of nitrogens with one attached hydrogen (secondary N) is 1. The van der Waals surface area contributed by atoms with E-state index in [1.165, 1.54) is 0 Å². The number of aromatic nitrogens is 1. The van der Waals surface area contributed by atoms with E-state index in [0.717, 1.165) is 59.4 Å². The van der Waals surface area contributed by atoms with Crippen molar-refractivity contribution in [3.8, 4) is 28.4 Å². The van der Waals surface area contributed by atoms with Crippen molar-refractivity contribution < 1.29 is 19.0 Å². The molecule has 35 heavy (non-hydrogen) atoms. The highest BCUT2D eigenvalue weighted by Gasteiger charge is 2.24. The van der Waals surface area contributed by atoms with E-state index in [1.54, 1.807) is 17.7 Å². The summed E-state index contributed by atoms with van der Waals surface area (Å²) >= 11 is 0. The van der Waals surface area contributed by atoms with E-state index in [2.05, 4.69) is 5.32 Å². The average molecular weight is 475 g/mol. The molecule has 2 heterocycles. The van der Waals surface area contributed by atoms with Crippen LogP contribution in [0.3, 0.4) is 0 Å². The highest BCUT2D eigenvalue weighted by atomic mass is 16.6. The number of carbonyl (C=O) groups excluding carboxylic acids is 1. The van der Waals surface area contributed by atoms with Gasteiger partial charge < -0.3 is 24.1 Å².